The molecular weight excluding hydrogens is 230 g/mol. The van der Waals surface area contributed by atoms with Crippen molar-refractivity contribution in [2.24, 2.45) is 5.92 Å². The molecular formula is C14H17NO3. The highest BCUT2D eigenvalue weighted by molar-refractivity contribution is 5.99. The van der Waals surface area contributed by atoms with Gasteiger partial charge in [0.05, 0.1) is 13.7 Å². The van der Waals surface area contributed by atoms with E-state index in [0.717, 1.165) is 19.3 Å². The third-order valence-electron chi connectivity index (χ3n) is 3.29. The Morgan fingerprint density at radius 3 is 2.78 bits per heavy atom. The maximum Gasteiger partial charge on any atom is 0.223 e. The number of carbonyl (C=O) groups excluding carboxylic acids is 2. The zero-order chi connectivity index (χ0) is 13.0. The Hall–Kier alpha value is -1.84. The molecule has 0 aromatic heterocycles. The van der Waals surface area contributed by atoms with E-state index in [1.165, 1.54) is 0 Å². The maximum absolute atomic E-state index is 11.9. The van der Waals surface area contributed by atoms with Crippen molar-refractivity contribution in [3.8, 4) is 5.75 Å². The van der Waals surface area contributed by atoms with Crippen LogP contribution in [-0.2, 0) is 4.79 Å². The summed E-state index contributed by atoms with van der Waals surface area (Å²) in [5.74, 6) is 0.661. The number of hydrogen-bond donors (Lipinski definition) is 1. The van der Waals surface area contributed by atoms with Crippen LogP contribution in [0.3, 0.4) is 0 Å². The van der Waals surface area contributed by atoms with Gasteiger partial charge in [-0.25, -0.2) is 0 Å². The quantitative estimate of drug-likeness (QED) is 0.807. The third-order valence-corrected chi connectivity index (χ3v) is 3.29. The lowest BCUT2D eigenvalue weighted by Gasteiger charge is -2.23. The summed E-state index contributed by atoms with van der Waals surface area (Å²) in [6.45, 7) is 0.0580. The summed E-state index contributed by atoms with van der Waals surface area (Å²) in [4.78, 5) is 23.5. The van der Waals surface area contributed by atoms with Gasteiger partial charge in [-0.3, -0.25) is 9.59 Å². The highest BCUT2D eigenvalue weighted by atomic mass is 16.5. The Morgan fingerprint density at radius 1 is 1.39 bits per heavy atom. The van der Waals surface area contributed by atoms with Gasteiger partial charge in [-0.2, -0.15) is 0 Å². The van der Waals surface area contributed by atoms with Crippen molar-refractivity contribution in [3.63, 3.8) is 0 Å². The van der Waals surface area contributed by atoms with Gasteiger partial charge in [0.25, 0.3) is 0 Å². The lowest BCUT2D eigenvalue weighted by molar-refractivity contribution is -0.127. The molecule has 0 heterocycles. The van der Waals surface area contributed by atoms with E-state index < -0.39 is 0 Å². The fourth-order valence-corrected chi connectivity index (χ4v) is 1.88. The van der Waals surface area contributed by atoms with Crippen LogP contribution in [0.25, 0.3) is 0 Å². The first-order chi connectivity index (χ1) is 8.70. The van der Waals surface area contributed by atoms with Crippen LogP contribution in [0.2, 0.25) is 0 Å². The van der Waals surface area contributed by atoms with E-state index in [0.29, 0.717) is 11.3 Å². The van der Waals surface area contributed by atoms with Crippen molar-refractivity contribution < 1.29 is 14.3 Å². The second-order valence-electron chi connectivity index (χ2n) is 4.50. The van der Waals surface area contributed by atoms with Crippen LogP contribution < -0.4 is 10.1 Å². The molecule has 1 aliphatic rings. The van der Waals surface area contributed by atoms with E-state index in [1.807, 2.05) is 0 Å². The van der Waals surface area contributed by atoms with Gasteiger partial charge in [0.2, 0.25) is 5.91 Å². The van der Waals surface area contributed by atoms with Crippen LogP contribution in [0.4, 0.5) is 0 Å². The van der Waals surface area contributed by atoms with E-state index in [-0.39, 0.29) is 24.2 Å². The summed E-state index contributed by atoms with van der Waals surface area (Å²) in [7, 11) is 1.56. The average Bonchev–Trinajstić information content (AvgIpc) is 2.34. The summed E-state index contributed by atoms with van der Waals surface area (Å²) < 4.78 is 5.06. The molecule has 2 rings (SSSR count). The van der Waals surface area contributed by atoms with E-state index in [1.54, 1.807) is 31.4 Å². The second kappa shape index (κ2) is 5.67. The number of hydrogen-bond acceptors (Lipinski definition) is 3. The number of ketones is 1. The van der Waals surface area contributed by atoms with Crippen LogP contribution in [0.5, 0.6) is 5.75 Å². The zero-order valence-corrected chi connectivity index (χ0v) is 10.4. The molecule has 18 heavy (non-hydrogen) atoms. The zero-order valence-electron chi connectivity index (χ0n) is 10.4. The number of Topliss-reactive ketones (excluding diaryl/α,β-unsaturated/α-hetero) is 1. The highest BCUT2D eigenvalue weighted by Crippen LogP contribution is 2.26. The number of methoxy groups -OCH3 is 1. The fourth-order valence-electron chi connectivity index (χ4n) is 1.88. The van der Waals surface area contributed by atoms with Gasteiger partial charge in [0.1, 0.15) is 5.75 Å². The van der Waals surface area contributed by atoms with Crippen molar-refractivity contribution in [2.45, 2.75) is 19.3 Å². The molecule has 0 spiro atoms. The Balaban J connectivity index is 1.88. The number of carbonyl (C=O) groups is 2. The Labute approximate surface area is 106 Å². The van der Waals surface area contributed by atoms with Gasteiger partial charge in [-0.1, -0.05) is 18.6 Å². The molecule has 0 radical (unpaired) electrons. The predicted molar refractivity (Wildman–Crippen MR) is 67.7 cm³/mol. The van der Waals surface area contributed by atoms with Crippen LogP contribution in [-0.4, -0.2) is 25.3 Å². The molecule has 1 fully saturated rings. The first-order valence-corrected chi connectivity index (χ1v) is 6.15. The van der Waals surface area contributed by atoms with Crippen molar-refractivity contribution in [1.29, 1.82) is 0 Å². The highest BCUT2D eigenvalue weighted by Gasteiger charge is 2.25. The maximum atomic E-state index is 11.9. The van der Waals surface area contributed by atoms with Crippen molar-refractivity contribution >= 4 is 11.7 Å². The van der Waals surface area contributed by atoms with Gasteiger partial charge in [0.15, 0.2) is 5.78 Å². The minimum absolute atomic E-state index is 0.00232. The van der Waals surface area contributed by atoms with Crippen LogP contribution in [0.1, 0.15) is 29.6 Å². The standard InChI is InChI=1S/C14H17NO3/c1-18-12-7-3-6-11(8-12)13(16)9-15-14(17)10-4-2-5-10/h3,6-8,10H,2,4-5,9H2,1H3,(H,15,17). The molecule has 0 unspecified atom stereocenters. The van der Waals surface area contributed by atoms with Gasteiger partial charge < -0.3 is 10.1 Å². The molecule has 4 nitrogen and oxygen atoms in total. The molecule has 4 heteroatoms. The monoisotopic (exact) mass is 247 g/mol. The fraction of sp³-hybridized carbons (Fsp3) is 0.429. The summed E-state index contributed by atoms with van der Waals surface area (Å²) in [5.41, 5.74) is 0.559. The lowest BCUT2D eigenvalue weighted by atomic mass is 9.85. The molecule has 0 bridgehead atoms. The molecule has 1 aromatic rings. The van der Waals surface area contributed by atoms with E-state index in [4.69, 9.17) is 4.74 Å². The first-order valence-electron chi connectivity index (χ1n) is 6.15. The number of amides is 1. The normalized spacial score (nSPS) is 14.7. The molecule has 96 valence electrons. The molecule has 1 N–H and O–H groups in total. The van der Waals surface area contributed by atoms with Gasteiger partial charge >= 0.3 is 0 Å². The van der Waals surface area contributed by atoms with Crippen LogP contribution in [0, 0.1) is 5.92 Å². The van der Waals surface area contributed by atoms with E-state index >= 15 is 0 Å². The van der Waals surface area contributed by atoms with Crippen molar-refractivity contribution in [1.82, 2.24) is 5.32 Å². The summed E-state index contributed by atoms with van der Waals surface area (Å²) >= 11 is 0. The minimum atomic E-state index is -0.0958. The molecule has 0 saturated heterocycles. The van der Waals surface area contributed by atoms with Gasteiger partial charge in [-0.05, 0) is 25.0 Å². The minimum Gasteiger partial charge on any atom is -0.497 e. The SMILES string of the molecule is COc1cccc(C(=O)CNC(=O)C2CCC2)c1. The van der Waals surface area contributed by atoms with Crippen molar-refractivity contribution in [2.75, 3.05) is 13.7 Å². The first kappa shape index (κ1) is 12.6. The Morgan fingerprint density at radius 2 is 2.17 bits per heavy atom. The molecule has 0 aliphatic heterocycles. The van der Waals surface area contributed by atoms with Gasteiger partial charge in [0, 0.05) is 11.5 Å². The molecule has 1 aromatic carbocycles. The van der Waals surface area contributed by atoms with Crippen LogP contribution >= 0.6 is 0 Å². The third kappa shape index (κ3) is 2.88. The summed E-state index contributed by atoms with van der Waals surface area (Å²) in [6, 6.07) is 6.95. The topological polar surface area (TPSA) is 55.4 Å². The number of ether oxygens (including phenoxy) is 1. The lowest BCUT2D eigenvalue weighted by Crippen LogP contribution is -2.37. The summed E-state index contributed by atoms with van der Waals surface area (Å²) in [6.07, 6.45) is 3.00. The van der Waals surface area contributed by atoms with Crippen LogP contribution in [0.15, 0.2) is 24.3 Å². The number of rotatable bonds is 5. The Kier molecular flexibility index (Phi) is 3.97. The second-order valence-corrected chi connectivity index (χ2v) is 4.50. The molecule has 1 aliphatic carbocycles. The van der Waals surface area contributed by atoms with Crippen molar-refractivity contribution in [3.05, 3.63) is 29.8 Å². The Bertz CT molecular complexity index is 452. The number of nitrogens with one attached hydrogen (secondary N) is 1. The largest absolute Gasteiger partial charge is 0.497 e. The smallest absolute Gasteiger partial charge is 0.223 e. The van der Waals surface area contributed by atoms with E-state index in [2.05, 4.69) is 5.32 Å². The van der Waals surface area contributed by atoms with Gasteiger partial charge in [-0.15, -0.1) is 0 Å². The molecule has 1 amide bonds. The number of benzene rings is 1. The molecule has 1 saturated carbocycles. The average molecular weight is 247 g/mol. The molecule has 0 atom stereocenters. The predicted octanol–water partition coefficient (Wildman–Crippen LogP) is 1.79. The van der Waals surface area contributed by atoms with E-state index in [9.17, 15) is 9.59 Å². The summed E-state index contributed by atoms with van der Waals surface area (Å²) in [5, 5.41) is 2.69.